The van der Waals surface area contributed by atoms with Crippen molar-refractivity contribution in [3.63, 3.8) is 0 Å². The predicted molar refractivity (Wildman–Crippen MR) is 112 cm³/mol. The van der Waals surface area contributed by atoms with E-state index in [-0.39, 0.29) is 18.4 Å². The average molecular weight is 402 g/mol. The third-order valence-corrected chi connectivity index (χ3v) is 5.49. The lowest BCUT2D eigenvalue weighted by atomic mass is 10.0. The number of rotatable bonds is 8. The lowest BCUT2D eigenvalue weighted by molar-refractivity contribution is -0.134. The first-order valence-electron chi connectivity index (χ1n) is 9.74. The van der Waals surface area contributed by atoms with Gasteiger partial charge in [-0.2, -0.15) is 0 Å². The van der Waals surface area contributed by atoms with E-state index in [4.69, 9.17) is 21.1 Å². The molecule has 1 saturated carbocycles. The molecule has 0 unspecified atom stereocenters. The number of methoxy groups -OCH3 is 1. The Kier molecular flexibility index (Phi) is 6.50. The van der Waals surface area contributed by atoms with Crippen LogP contribution in [0.15, 0.2) is 36.4 Å². The van der Waals surface area contributed by atoms with Crippen molar-refractivity contribution in [3.8, 4) is 11.5 Å². The van der Waals surface area contributed by atoms with Gasteiger partial charge in [-0.3, -0.25) is 4.79 Å². The second-order valence-electron chi connectivity index (χ2n) is 7.68. The highest BCUT2D eigenvalue weighted by Crippen LogP contribution is 2.33. The van der Waals surface area contributed by atoms with Crippen LogP contribution in [0.4, 0.5) is 0 Å². The number of benzene rings is 2. The number of nitrogens with zero attached hydrogens (tertiary/aromatic N) is 1. The van der Waals surface area contributed by atoms with Gasteiger partial charge < -0.3 is 14.4 Å². The third kappa shape index (κ3) is 4.99. The SMILES string of the molecule is COc1ccc(CN(C(=O)COc2cc(C)c(Cl)cc2C(C)C)C2CC2)cc1. The van der Waals surface area contributed by atoms with Crippen LogP contribution < -0.4 is 9.47 Å². The van der Waals surface area contributed by atoms with E-state index in [2.05, 4.69) is 13.8 Å². The van der Waals surface area contributed by atoms with Crippen molar-refractivity contribution in [1.82, 2.24) is 4.90 Å². The molecule has 0 radical (unpaired) electrons. The summed E-state index contributed by atoms with van der Waals surface area (Å²) >= 11 is 6.27. The quantitative estimate of drug-likeness (QED) is 0.598. The van der Waals surface area contributed by atoms with Gasteiger partial charge in [0.2, 0.25) is 0 Å². The zero-order valence-electron chi connectivity index (χ0n) is 17.0. The summed E-state index contributed by atoms with van der Waals surface area (Å²) in [6.45, 7) is 6.76. The molecule has 2 aromatic carbocycles. The molecular weight excluding hydrogens is 374 g/mol. The smallest absolute Gasteiger partial charge is 0.261 e. The summed E-state index contributed by atoms with van der Waals surface area (Å²) in [5.74, 6) is 1.84. The summed E-state index contributed by atoms with van der Waals surface area (Å²) < 4.78 is 11.2. The second kappa shape index (κ2) is 8.87. The highest BCUT2D eigenvalue weighted by molar-refractivity contribution is 6.31. The van der Waals surface area contributed by atoms with Crippen LogP contribution >= 0.6 is 11.6 Å². The van der Waals surface area contributed by atoms with Crippen LogP contribution in [0.3, 0.4) is 0 Å². The lowest BCUT2D eigenvalue weighted by Gasteiger charge is -2.23. The van der Waals surface area contributed by atoms with Crippen LogP contribution in [0.2, 0.25) is 5.02 Å². The Morgan fingerprint density at radius 1 is 1.21 bits per heavy atom. The maximum absolute atomic E-state index is 12.9. The summed E-state index contributed by atoms with van der Waals surface area (Å²) in [7, 11) is 1.65. The van der Waals surface area contributed by atoms with Crippen LogP contribution in [0, 0.1) is 6.92 Å². The Labute approximate surface area is 172 Å². The Balaban J connectivity index is 1.69. The zero-order valence-corrected chi connectivity index (χ0v) is 17.8. The molecule has 0 heterocycles. The molecule has 1 aliphatic rings. The van der Waals surface area contributed by atoms with E-state index in [1.54, 1.807) is 7.11 Å². The third-order valence-electron chi connectivity index (χ3n) is 5.08. The first-order valence-corrected chi connectivity index (χ1v) is 10.1. The number of ether oxygens (including phenoxy) is 2. The molecular formula is C23H28ClNO3. The van der Waals surface area contributed by atoms with E-state index in [1.807, 2.05) is 48.2 Å². The molecule has 28 heavy (non-hydrogen) atoms. The number of carbonyl (C=O) groups excluding carboxylic acids is 1. The van der Waals surface area contributed by atoms with Gasteiger partial charge in [0.25, 0.3) is 5.91 Å². The van der Waals surface area contributed by atoms with Gasteiger partial charge in [0.15, 0.2) is 6.61 Å². The van der Waals surface area contributed by atoms with Crippen molar-refractivity contribution in [3.05, 3.63) is 58.1 Å². The minimum atomic E-state index is 0.0145. The molecule has 0 saturated heterocycles. The van der Waals surface area contributed by atoms with E-state index in [9.17, 15) is 4.79 Å². The summed E-state index contributed by atoms with van der Waals surface area (Å²) in [5.41, 5.74) is 3.06. The summed E-state index contributed by atoms with van der Waals surface area (Å²) in [6.07, 6.45) is 2.11. The van der Waals surface area contributed by atoms with Gasteiger partial charge in [-0.15, -0.1) is 0 Å². The molecule has 4 nitrogen and oxygen atoms in total. The Morgan fingerprint density at radius 3 is 2.46 bits per heavy atom. The van der Waals surface area contributed by atoms with Gasteiger partial charge in [-0.1, -0.05) is 37.6 Å². The van der Waals surface area contributed by atoms with E-state index < -0.39 is 0 Å². The van der Waals surface area contributed by atoms with Gasteiger partial charge in [-0.05, 0) is 66.6 Å². The number of hydrogen-bond donors (Lipinski definition) is 0. The molecule has 0 atom stereocenters. The van der Waals surface area contributed by atoms with Crippen molar-refractivity contribution in [2.45, 2.75) is 52.1 Å². The van der Waals surface area contributed by atoms with Crippen molar-refractivity contribution >= 4 is 17.5 Å². The van der Waals surface area contributed by atoms with E-state index in [0.29, 0.717) is 12.6 Å². The van der Waals surface area contributed by atoms with Crippen LogP contribution in [0.1, 0.15) is 49.3 Å². The summed E-state index contributed by atoms with van der Waals surface area (Å²) in [4.78, 5) is 14.8. The maximum Gasteiger partial charge on any atom is 0.261 e. The Morgan fingerprint density at radius 2 is 1.89 bits per heavy atom. The average Bonchev–Trinajstić information content (AvgIpc) is 3.51. The van der Waals surface area contributed by atoms with Crippen LogP contribution in [0.25, 0.3) is 0 Å². The second-order valence-corrected chi connectivity index (χ2v) is 8.09. The summed E-state index contributed by atoms with van der Waals surface area (Å²) in [5, 5.41) is 0.724. The molecule has 0 aliphatic heterocycles. The van der Waals surface area contributed by atoms with Gasteiger partial charge in [-0.25, -0.2) is 0 Å². The normalized spacial score (nSPS) is 13.5. The van der Waals surface area contributed by atoms with Gasteiger partial charge in [0.05, 0.1) is 7.11 Å². The molecule has 1 fully saturated rings. The fourth-order valence-electron chi connectivity index (χ4n) is 3.20. The van der Waals surface area contributed by atoms with Crippen molar-refractivity contribution in [2.24, 2.45) is 0 Å². The first-order chi connectivity index (χ1) is 13.4. The highest BCUT2D eigenvalue weighted by Gasteiger charge is 2.32. The molecule has 0 aromatic heterocycles. The minimum absolute atomic E-state index is 0.0145. The number of hydrogen-bond acceptors (Lipinski definition) is 3. The van der Waals surface area contributed by atoms with Crippen LogP contribution in [-0.2, 0) is 11.3 Å². The van der Waals surface area contributed by atoms with Crippen molar-refractivity contribution in [1.29, 1.82) is 0 Å². The summed E-state index contributed by atoms with van der Waals surface area (Å²) in [6, 6.07) is 12.0. The number of halogens is 1. The predicted octanol–water partition coefficient (Wildman–Crippen LogP) is 5.35. The lowest BCUT2D eigenvalue weighted by Crippen LogP contribution is -2.36. The fraction of sp³-hybridized carbons (Fsp3) is 0.435. The molecule has 1 amide bonds. The largest absolute Gasteiger partial charge is 0.497 e. The Hall–Kier alpha value is -2.20. The topological polar surface area (TPSA) is 38.8 Å². The minimum Gasteiger partial charge on any atom is -0.497 e. The van der Waals surface area contributed by atoms with Gasteiger partial charge in [0, 0.05) is 17.6 Å². The van der Waals surface area contributed by atoms with Crippen molar-refractivity contribution < 1.29 is 14.3 Å². The van der Waals surface area contributed by atoms with Crippen LogP contribution in [0.5, 0.6) is 11.5 Å². The zero-order chi connectivity index (χ0) is 20.3. The van der Waals surface area contributed by atoms with Gasteiger partial charge >= 0.3 is 0 Å². The standard InChI is InChI=1S/C23H28ClNO3/c1-15(2)20-12-21(24)16(3)11-22(20)28-14-23(26)25(18-7-8-18)13-17-5-9-19(27-4)10-6-17/h5-6,9-12,15,18H,7-8,13-14H2,1-4H3. The molecule has 2 aromatic rings. The number of aryl methyl sites for hydroxylation is 1. The molecule has 3 rings (SSSR count). The molecule has 0 N–H and O–H groups in total. The van der Waals surface area contributed by atoms with Crippen molar-refractivity contribution in [2.75, 3.05) is 13.7 Å². The molecule has 0 spiro atoms. The van der Waals surface area contributed by atoms with E-state index in [1.165, 1.54) is 0 Å². The molecule has 1 aliphatic carbocycles. The molecule has 150 valence electrons. The number of carbonyl (C=O) groups is 1. The van der Waals surface area contributed by atoms with Gasteiger partial charge in [0.1, 0.15) is 11.5 Å². The fourth-order valence-corrected chi connectivity index (χ4v) is 3.38. The molecule has 5 heteroatoms. The monoisotopic (exact) mass is 401 g/mol. The van der Waals surface area contributed by atoms with Crippen LogP contribution in [-0.4, -0.2) is 30.6 Å². The Bertz CT molecular complexity index is 828. The van der Waals surface area contributed by atoms with E-state index >= 15 is 0 Å². The molecule has 0 bridgehead atoms. The maximum atomic E-state index is 12.9. The number of amides is 1. The first kappa shape index (κ1) is 20.5. The van der Waals surface area contributed by atoms with E-state index in [0.717, 1.165) is 46.1 Å². The highest BCUT2D eigenvalue weighted by atomic mass is 35.5.